The number of benzene rings is 1. The average Bonchev–Trinajstić information content (AvgIpc) is 2.58. The Hall–Kier alpha value is -2.87. The van der Waals surface area contributed by atoms with Crippen LogP contribution in [0.25, 0.3) is 11.4 Å². The van der Waals surface area contributed by atoms with Gasteiger partial charge in [-0.3, -0.25) is 4.98 Å². The number of phenolic OH excluding ortho intramolecular Hbond substituents is 1. The summed E-state index contributed by atoms with van der Waals surface area (Å²) in [6.07, 6.45) is -1.80. The molecule has 0 fully saturated rings. The summed E-state index contributed by atoms with van der Waals surface area (Å²) in [6.45, 7) is 0. The van der Waals surface area contributed by atoms with Crippen molar-refractivity contribution in [1.82, 2.24) is 15.0 Å². The molecule has 0 aliphatic carbocycles. The molecule has 0 unspecified atom stereocenters. The molecule has 0 bridgehead atoms. The Morgan fingerprint density at radius 1 is 1.08 bits per heavy atom. The standard InChI is InChI=1S/C16H10ClF3N4O/c17-11-4-3-10(25)6-12(11)22-14-7-13(16(18,19)20)23-15(24-14)9-2-1-5-21-8-9/h1-8,25H,(H,22,23,24). The molecule has 2 N–H and O–H groups in total. The molecule has 0 saturated carbocycles. The Morgan fingerprint density at radius 3 is 2.56 bits per heavy atom. The third kappa shape index (κ3) is 3.97. The van der Waals surface area contributed by atoms with Gasteiger partial charge in [0.15, 0.2) is 11.5 Å². The van der Waals surface area contributed by atoms with Gasteiger partial charge in [0, 0.05) is 30.1 Å². The first kappa shape index (κ1) is 17.0. The lowest BCUT2D eigenvalue weighted by Crippen LogP contribution is -2.11. The number of nitrogens with one attached hydrogen (secondary N) is 1. The van der Waals surface area contributed by atoms with Gasteiger partial charge in [0.05, 0.1) is 10.7 Å². The molecular formula is C16H10ClF3N4O. The van der Waals surface area contributed by atoms with Crippen molar-refractivity contribution in [2.24, 2.45) is 0 Å². The van der Waals surface area contributed by atoms with Crippen LogP contribution in [0, 0.1) is 0 Å². The Bertz CT molecular complexity index is 904. The van der Waals surface area contributed by atoms with Crippen LogP contribution in [0.2, 0.25) is 5.02 Å². The summed E-state index contributed by atoms with van der Waals surface area (Å²) in [5.41, 5.74) is -0.565. The van der Waals surface area contributed by atoms with Crippen LogP contribution in [0.1, 0.15) is 5.69 Å². The molecule has 5 nitrogen and oxygen atoms in total. The molecule has 2 heterocycles. The first-order valence-corrected chi connectivity index (χ1v) is 7.33. The Balaban J connectivity index is 2.08. The zero-order valence-corrected chi connectivity index (χ0v) is 13.2. The normalized spacial score (nSPS) is 11.4. The molecule has 0 amide bonds. The molecule has 0 aliphatic heterocycles. The summed E-state index contributed by atoms with van der Waals surface area (Å²) in [7, 11) is 0. The van der Waals surface area contributed by atoms with Crippen molar-refractivity contribution >= 4 is 23.1 Å². The second-order valence-electron chi connectivity index (χ2n) is 4.99. The summed E-state index contributed by atoms with van der Waals surface area (Å²) < 4.78 is 39.4. The molecule has 128 valence electrons. The molecule has 0 aliphatic rings. The van der Waals surface area contributed by atoms with Crippen LogP contribution in [0.4, 0.5) is 24.7 Å². The van der Waals surface area contributed by atoms with Crippen molar-refractivity contribution in [2.75, 3.05) is 5.32 Å². The summed E-state index contributed by atoms with van der Waals surface area (Å²) in [5, 5.41) is 12.4. The van der Waals surface area contributed by atoms with Gasteiger partial charge in [0.25, 0.3) is 0 Å². The first-order valence-electron chi connectivity index (χ1n) is 6.95. The molecule has 0 spiro atoms. The van der Waals surface area contributed by atoms with Crippen molar-refractivity contribution in [3.05, 3.63) is 59.5 Å². The van der Waals surface area contributed by atoms with Crippen LogP contribution in [-0.4, -0.2) is 20.1 Å². The molecular weight excluding hydrogens is 357 g/mol. The van der Waals surface area contributed by atoms with Gasteiger partial charge in [-0.2, -0.15) is 13.2 Å². The van der Waals surface area contributed by atoms with E-state index in [-0.39, 0.29) is 28.1 Å². The Kier molecular flexibility index (Phi) is 4.45. The highest BCUT2D eigenvalue weighted by molar-refractivity contribution is 6.33. The summed E-state index contributed by atoms with van der Waals surface area (Å²) in [6, 6.07) is 7.93. The molecule has 0 atom stereocenters. The third-order valence-electron chi connectivity index (χ3n) is 3.15. The topological polar surface area (TPSA) is 70.9 Å². The molecule has 1 aromatic carbocycles. The SMILES string of the molecule is Oc1ccc(Cl)c(Nc2cc(C(F)(F)F)nc(-c3cccnc3)n2)c1. The second-order valence-corrected chi connectivity index (χ2v) is 5.40. The van der Waals surface area contributed by atoms with Gasteiger partial charge in [0.1, 0.15) is 11.6 Å². The lowest BCUT2D eigenvalue weighted by atomic mass is 10.2. The highest BCUT2D eigenvalue weighted by Crippen LogP contribution is 2.33. The van der Waals surface area contributed by atoms with E-state index in [1.165, 1.54) is 30.6 Å². The minimum absolute atomic E-state index is 0.0931. The number of aromatic nitrogens is 3. The lowest BCUT2D eigenvalue weighted by molar-refractivity contribution is -0.141. The molecule has 9 heteroatoms. The van der Waals surface area contributed by atoms with E-state index < -0.39 is 11.9 Å². The molecule has 0 saturated heterocycles. The number of anilines is 2. The number of hydrogen-bond donors (Lipinski definition) is 2. The van der Waals surface area contributed by atoms with Gasteiger partial charge in [-0.15, -0.1) is 0 Å². The van der Waals surface area contributed by atoms with E-state index in [4.69, 9.17) is 11.6 Å². The Labute approximate surface area is 145 Å². The number of alkyl halides is 3. The number of hydrogen-bond acceptors (Lipinski definition) is 5. The van der Waals surface area contributed by atoms with E-state index in [2.05, 4.69) is 20.3 Å². The number of pyridine rings is 1. The maximum absolute atomic E-state index is 13.1. The highest BCUT2D eigenvalue weighted by Gasteiger charge is 2.34. The van der Waals surface area contributed by atoms with Crippen LogP contribution in [0.5, 0.6) is 5.75 Å². The van der Waals surface area contributed by atoms with Crippen molar-refractivity contribution in [2.45, 2.75) is 6.18 Å². The molecule has 3 rings (SSSR count). The van der Waals surface area contributed by atoms with Crippen molar-refractivity contribution < 1.29 is 18.3 Å². The maximum atomic E-state index is 13.1. The van der Waals surface area contributed by atoms with Gasteiger partial charge >= 0.3 is 6.18 Å². The van der Waals surface area contributed by atoms with Crippen LogP contribution >= 0.6 is 11.6 Å². The van der Waals surface area contributed by atoms with E-state index >= 15 is 0 Å². The highest BCUT2D eigenvalue weighted by atomic mass is 35.5. The van der Waals surface area contributed by atoms with Crippen LogP contribution < -0.4 is 5.32 Å². The summed E-state index contributed by atoms with van der Waals surface area (Å²) in [4.78, 5) is 11.5. The number of rotatable bonds is 3. The monoisotopic (exact) mass is 366 g/mol. The zero-order valence-electron chi connectivity index (χ0n) is 12.4. The first-order chi connectivity index (χ1) is 11.8. The van der Waals surface area contributed by atoms with Crippen LogP contribution in [-0.2, 0) is 6.18 Å². The van der Waals surface area contributed by atoms with Crippen molar-refractivity contribution in [1.29, 1.82) is 0 Å². The maximum Gasteiger partial charge on any atom is 0.433 e. The number of aromatic hydroxyl groups is 1. The van der Waals surface area contributed by atoms with Crippen molar-refractivity contribution in [3.63, 3.8) is 0 Å². The van der Waals surface area contributed by atoms with Gasteiger partial charge in [-0.25, -0.2) is 9.97 Å². The molecule has 3 aromatic rings. The quantitative estimate of drug-likeness (QED) is 0.705. The fraction of sp³-hybridized carbons (Fsp3) is 0.0625. The third-order valence-corrected chi connectivity index (χ3v) is 3.48. The fourth-order valence-corrected chi connectivity index (χ4v) is 2.19. The smallest absolute Gasteiger partial charge is 0.433 e. The number of halogens is 4. The lowest BCUT2D eigenvalue weighted by Gasteiger charge is -2.13. The predicted octanol–water partition coefficient (Wildman–Crippen LogP) is 4.66. The molecule has 0 radical (unpaired) electrons. The van der Waals surface area contributed by atoms with Crippen molar-refractivity contribution in [3.8, 4) is 17.1 Å². The van der Waals surface area contributed by atoms with Crippen LogP contribution in [0.3, 0.4) is 0 Å². The number of nitrogens with zero attached hydrogens (tertiary/aromatic N) is 3. The Morgan fingerprint density at radius 2 is 1.88 bits per heavy atom. The van der Waals surface area contributed by atoms with E-state index in [9.17, 15) is 18.3 Å². The van der Waals surface area contributed by atoms with Gasteiger partial charge < -0.3 is 10.4 Å². The summed E-state index contributed by atoms with van der Waals surface area (Å²) in [5.74, 6) is -0.347. The number of phenols is 1. The molecule has 25 heavy (non-hydrogen) atoms. The van der Waals surface area contributed by atoms with E-state index in [1.807, 2.05) is 0 Å². The zero-order chi connectivity index (χ0) is 18.0. The largest absolute Gasteiger partial charge is 0.508 e. The van der Waals surface area contributed by atoms with E-state index in [0.717, 1.165) is 6.07 Å². The minimum atomic E-state index is -4.65. The van der Waals surface area contributed by atoms with Crippen LogP contribution in [0.15, 0.2) is 48.8 Å². The average molecular weight is 367 g/mol. The van der Waals surface area contributed by atoms with Gasteiger partial charge in [-0.05, 0) is 24.3 Å². The van der Waals surface area contributed by atoms with E-state index in [1.54, 1.807) is 12.1 Å². The van der Waals surface area contributed by atoms with Gasteiger partial charge in [0.2, 0.25) is 0 Å². The minimum Gasteiger partial charge on any atom is -0.508 e. The van der Waals surface area contributed by atoms with E-state index in [0.29, 0.717) is 5.56 Å². The fourth-order valence-electron chi connectivity index (χ4n) is 2.03. The van der Waals surface area contributed by atoms with Gasteiger partial charge in [-0.1, -0.05) is 11.6 Å². The predicted molar refractivity (Wildman–Crippen MR) is 86.7 cm³/mol. The second kappa shape index (κ2) is 6.56. The molecule has 2 aromatic heterocycles. The summed E-state index contributed by atoms with van der Waals surface area (Å²) >= 11 is 5.98.